The van der Waals surface area contributed by atoms with Gasteiger partial charge in [0.25, 0.3) is 5.56 Å². The Morgan fingerprint density at radius 2 is 2.11 bits per heavy atom. The number of methoxy groups -OCH3 is 1. The van der Waals surface area contributed by atoms with Crippen molar-refractivity contribution in [3.05, 3.63) is 33.6 Å². The molecule has 1 N–H and O–H groups in total. The molecule has 0 aliphatic carbocycles. The van der Waals surface area contributed by atoms with Gasteiger partial charge in [-0.3, -0.25) is 14.2 Å². The zero-order valence-electron chi connectivity index (χ0n) is 16.8. The van der Waals surface area contributed by atoms with E-state index >= 15 is 0 Å². The van der Waals surface area contributed by atoms with Gasteiger partial charge in [-0.2, -0.15) is 0 Å². The molecule has 0 aliphatic heterocycles. The number of amides is 1. The molecule has 6 nitrogen and oxygen atoms in total. The maximum Gasteiger partial charge on any atom is 0.262 e. The summed E-state index contributed by atoms with van der Waals surface area (Å²) in [5.74, 6) is 0.365. The number of nitrogens with one attached hydrogen (secondary N) is 1. The van der Waals surface area contributed by atoms with Crippen LogP contribution in [0, 0.1) is 5.92 Å². The number of aromatic nitrogens is 2. The van der Waals surface area contributed by atoms with Crippen molar-refractivity contribution in [1.29, 1.82) is 0 Å². The second kappa shape index (κ2) is 10.8. The van der Waals surface area contributed by atoms with E-state index in [9.17, 15) is 9.59 Å². The topological polar surface area (TPSA) is 73.2 Å². The number of thioether (sulfide) groups is 1. The summed E-state index contributed by atoms with van der Waals surface area (Å²) < 4.78 is 6.67. The number of carbonyl (C=O) groups excluding carboxylic acids is 1. The quantitative estimate of drug-likeness (QED) is 0.356. The van der Waals surface area contributed by atoms with Crippen molar-refractivity contribution in [3.63, 3.8) is 0 Å². The summed E-state index contributed by atoms with van der Waals surface area (Å²) in [6.07, 6.45) is 1.61. The van der Waals surface area contributed by atoms with Gasteiger partial charge in [0.05, 0.1) is 16.2 Å². The van der Waals surface area contributed by atoms with Gasteiger partial charge in [0.2, 0.25) is 5.91 Å². The molecule has 2 aromatic rings. The monoisotopic (exact) mass is 425 g/mol. The smallest absolute Gasteiger partial charge is 0.262 e. The van der Waals surface area contributed by atoms with E-state index in [1.807, 2.05) is 6.92 Å². The molecular formula is C20H28ClN3O3S. The zero-order valence-corrected chi connectivity index (χ0v) is 18.4. The summed E-state index contributed by atoms with van der Waals surface area (Å²) in [7, 11) is 1.63. The van der Waals surface area contributed by atoms with Crippen LogP contribution >= 0.6 is 23.4 Å². The first-order valence-corrected chi connectivity index (χ1v) is 10.7. The number of benzene rings is 1. The molecule has 0 radical (unpaired) electrons. The third kappa shape index (κ3) is 6.22. The Kier molecular flexibility index (Phi) is 8.79. The third-order valence-corrected chi connectivity index (χ3v) is 5.61. The molecule has 0 bridgehead atoms. The lowest BCUT2D eigenvalue weighted by Gasteiger charge is -2.17. The largest absolute Gasteiger partial charge is 0.385 e. The SMILES string of the molecule is COCCCNC(=O)C(C)Sc1nc2cc(Cl)ccc2c(=O)n1CCC(C)C. The average Bonchev–Trinajstić information content (AvgIpc) is 2.64. The van der Waals surface area contributed by atoms with Gasteiger partial charge in [-0.15, -0.1) is 0 Å². The molecule has 1 atom stereocenters. The van der Waals surface area contributed by atoms with Crippen LogP contribution in [0.5, 0.6) is 0 Å². The Hall–Kier alpha value is -1.57. The number of ether oxygens (including phenoxy) is 1. The standard InChI is InChI=1S/C20H28ClN3O3S/c1-13(2)8-10-24-19(26)16-7-6-15(21)12-17(16)23-20(24)28-14(3)18(25)22-9-5-11-27-4/h6-7,12-14H,5,8-11H2,1-4H3,(H,22,25). The summed E-state index contributed by atoms with van der Waals surface area (Å²) in [6, 6.07) is 5.09. The number of fused-ring (bicyclic) bond motifs is 1. The summed E-state index contributed by atoms with van der Waals surface area (Å²) in [5, 5.41) is 4.12. The van der Waals surface area contributed by atoms with Crippen molar-refractivity contribution in [1.82, 2.24) is 14.9 Å². The van der Waals surface area contributed by atoms with Crippen molar-refractivity contribution in [2.45, 2.75) is 50.6 Å². The van der Waals surface area contributed by atoms with Crippen LogP contribution in [0.25, 0.3) is 10.9 Å². The summed E-state index contributed by atoms with van der Waals surface area (Å²) >= 11 is 7.37. The maximum absolute atomic E-state index is 13.0. The lowest BCUT2D eigenvalue weighted by Crippen LogP contribution is -2.33. The first-order chi connectivity index (χ1) is 13.3. The molecule has 1 amide bonds. The van der Waals surface area contributed by atoms with E-state index in [1.54, 1.807) is 29.9 Å². The Morgan fingerprint density at radius 3 is 2.79 bits per heavy atom. The Balaban J connectivity index is 2.28. The van der Waals surface area contributed by atoms with Crippen LogP contribution in [0.3, 0.4) is 0 Å². The highest BCUT2D eigenvalue weighted by atomic mass is 35.5. The number of carbonyl (C=O) groups is 1. The normalized spacial score (nSPS) is 12.5. The van der Waals surface area contributed by atoms with Crippen LogP contribution in [0.2, 0.25) is 5.02 Å². The van der Waals surface area contributed by atoms with Crippen molar-refractivity contribution in [2.24, 2.45) is 5.92 Å². The summed E-state index contributed by atoms with van der Waals surface area (Å²) in [5.41, 5.74) is 0.450. The minimum Gasteiger partial charge on any atom is -0.385 e. The zero-order chi connectivity index (χ0) is 20.7. The third-order valence-electron chi connectivity index (χ3n) is 4.29. The molecule has 1 heterocycles. The fraction of sp³-hybridized carbons (Fsp3) is 0.550. The van der Waals surface area contributed by atoms with Gasteiger partial charge in [0.1, 0.15) is 0 Å². The maximum atomic E-state index is 13.0. The molecule has 154 valence electrons. The van der Waals surface area contributed by atoms with Crippen molar-refractivity contribution < 1.29 is 9.53 Å². The van der Waals surface area contributed by atoms with Gasteiger partial charge in [-0.1, -0.05) is 37.2 Å². The molecule has 8 heteroatoms. The summed E-state index contributed by atoms with van der Waals surface area (Å²) in [4.78, 5) is 30.1. The Bertz CT molecular complexity index is 870. The van der Waals surface area contributed by atoms with Crippen LogP contribution in [0.4, 0.5) is 0 Å². The number of hydrogen-bond acceptors (Lipinski definition) is 5. The molecule has 0 saturated carbocycles. The highest BCUT2D eigenvalue weighted by Gasteiger charge is 2.19. The molecule has 2 rings (SSSR count). The second-order valence-corrected chi connectivity index (χ2v) is 8.84. The number of halogens is 1. The van der Waals surface area contributed by atoms with Crippen molar-refractivity contribution in [3.8, 4) is 0 Å². The Labute approximate surface area is 175 Å². The van der Waals surface area contributed by atoms with Gasteiger partial charge in [0, 0.05) is 31.8 Å². The predicted octanol–water partition coefficient (Wildman–Crippen LogP) is 3.73. The van der Waals surface area contributed by atoms with Gasteiger partial charge in [-0.25, -0.2) is 4.98 Å². The van der Waals surface area contributed by atoms with Crippen molar-refractivity contribution in [2.75, 3.05) is 20.3 Å². The minimum absolute atomic E-state index is 0.0862. The van der Waals surface area contributed by atoms with E-state index in [0.29, 0.717) is 46.7 Å². The van der Waals surface area contributed by atoms with Crippen LogP contribution in [0.15, 0.2) is 28.2 Å². The fourth-order valence-corrected chi connectivity index (χ4v) is 3.76. The Morgan fingerprint density at radius 1 is 1.36 bits per heavy atom. The molecule has 1 unspecified atom stereocenters. The predicted molar refractivity (Wildman–Crippen MR) is 115 cm³/mol. The lowest BCUT2D eigenvalue weighted by atomic mass is 10.1. The van der Waals surface area contributed by atoms with Gasteiger partial charge in [0.15, 0.2) is 5.16 Å². The van der Waals surface area contributed by atoms with Crippen LogP contribution < -0.4 is 10.9 Å². The van der Waals surface area contributed by atoms with E-state index in [-0.39, 0.29) is 16.7 Å². The van der Waals surface area contributed by atoms with E-state index in [4.69, 9.17) is 16.3 Å². The van der Waals surface area contributed by atoms with Crippen LogP contribution in [-0.2, 0) is 16.1 Å². The number of rotatable bonds is 10. The van der Waals surface area contributed by atoms with Gasteiger partial charge < -0.3 is 10.1 Å². The van der Waals surface area contributed by atoms with Gasteiger partial charge >= 0.3 is 0 Å². The molecule has 0 fully saturated rings. The summed E-state index contributed by atoms with van der Waals surface area (Å²) in [6.45, 7) is 7.76. The number of nitrogens with zero attached hydrogens (tertiary/aromatic N) is 2. The molecular weight excluding hydrogens is 398 g/mol. The van der Waals surface area contributed by atoms with Gasteiger partial charge in [-0.05, 0) is 43.9 Å². The molecule has 1 aromatic carbocycles. The molecule has 0 spiro atoms. The molecule has 28 heavy (non-hydrogen) atoms. The van der Waals surface area contributed by atoms with Crippen LogP contribution in [0.1, 0.15) is 33.6 Å². The first-order valence-electron chi connectivity index (χ1n) is 9.47. The fourth-order valence-electron chi connectivity index (χ4n) is 2.63. The van der Waals surface area contributed by atoms with E-state index in [0.717, 1.165) is 12.8 Å². The molecule has 1 aromatic heterocycles. The highest BCUT2D eigenvalue weighted by molar-refractivity contribution is 8.00. The van der Waals surface area contributed by atoms with Crippen molar-refractivity contribution >= 4 is 40.2 Å². The van der Waals surface area contributed by atoms with Crippen LogP contribution in [-0.4, -0.2) is 41.0 Å². The first kappa shape index (κ1) is 22.7. The highest BCUT2D eigenvalue weighted by Crippen LogP contribution is 2.24. The number of hydrogen-bond donors (Lipinski definition) is 1. The van der Waals surface area contributed by atoms with E-state index in [1.165, 1.54) is 11.8 Å². The minimum atomic E-state index is -0.378. The van der Waals surface area contributed by atoms with E-state index < -0.39 is 0 Å². The molecule has 0 aliphatic rings. The molecule has 0 saturated heterocycles. The lowest BCUT2D eigenvalue weighted by molar-refractivity contribution is -0.120. The second-order valence-electron chi connectivity index (χ2n) is 7.09. The van der Waals surface area contributed by atoms with E-state index in [2.05, 4.69) is 24.1 Å². The average molecular weight is 426 g/mol.